The van der Waals surface area contributed by atoms with E-state index in [1.165, 1.54) is 0 Å². The summed E-state index contributed by atoms with van der Waals surface area (Å²) in [5, 5.41) is 0. The molecule has 180 valence electrons. The highest BCUT2D eigenvalue weighted by Gasteiger charge is 2.66. The Hall–Kier alpha value is -2.78. The van der Waals surface area contributed by atoms with Crippen molar-refractivity contribution in [2.24, 2.45) is 0 Å². The van der Waals surface area contributed by atoms with Gasteiger partial charge in [-0.2, -0.15) is 0 Å². The number of hydrogen-bond donors (Lipinski definition) is 0. The molecule has 1 saturated carbocycles. The Morgan fingerprint density at radius 3 is 1.26 bits per heavy atom. The molecule has 8 nitrogen and oxygen atoms in total. The molecule has 5 rings (SSSR count). The molecule has 3 fully saturated rings. The Morgan fingerprint density at radius 1 is 0.588 bits per heavy atom. The van der Waals surface area contributed by atoms with E-state index >= 15 is 0 Å². The summed E-state index contributed by atoms with van der Waals surface area (Å²) in [5.41, 5.74) is 0.743. The van der Waals surface area contributed by atoms with Gasteiger partial charge in [-0.05, 0) is 52.0 Å². The van der Waals surface area contributed by atoms with Crippen molar-refractivity contribution < 1.29 is 38.0 Å². The molecule has 2 aromatic carbocycles. The van der Waals surface area contributed by atoms with Crippen molar-refractivity contribution in [2.45, 2.75) is 75.9 Å². The van der Waals surface area contributed by atoms with Crippen molar-refractivity contribution in [1.82, 2.24) is 0 Å². The highest BCUT2D eigenvalue weighted by atomic mass is 16.8. The first-order valence-corrected chi connectivity index (χ1v) is 11.4. The van der Waals surface area contributed by atoms with Crippen LogP contribution in [0.1, 0.15) is 48.4 Å². The maximum absolute atomic E-state index is 13.1. The lowest BCUT2D eigenvalue weighted by Crippen LogP contribution is -2.63. The van der Waals surface area contributed by atoms with Crippen LogP contribution in [0.2, 0.25) is 0 Å². The summed E-state index contributed by atoms with van der Waals surface area (Å²) >= 11 is 0. The van der Waals surface area contributed by atoms with E-state index in [0.717, 1.165) is 0 Å². The smallest absolute Gasteiger partial charge is 0.338 e. The van der Waals surface area contributed by atoms with E-state index in [1.54, 1.807) is 76.2 Å². The molecule has 0 N–H and O–H groups in total. The fourth-order valence-corrected chi connectivity index (χ4v) is 4.82. The average Bonchev–Trinajstić information content (AvgIpc) is 3.31. The number of hydrogen-bond acceptors (Lipinski definition) is 8. The fourth-order valence-electron chi connectivity index (χ4n) is 4.82. The SMILES string of the molecule is CC1(C)O[C@H]2[C@@H]3OC(C)(C)O[C@H]3[C@H](OC(=O)c3ccccc3)[C@@H](OC(=O)c3ccccc3)[C@H]2O1. The van der Waals surface area contributed by atoms with Gasteiger partial charge >= 0.3 is 11.9 Å². The lowest BCUT2D eigenvalue weighted by molar-refractivity contribution is -0.185. The molecule has 0 aromatic heterocycles. The molecule has 1 aliphatic carbocycles. The van der Waals surface area contributed by atoms with Crippen LogP contribution in [0.5, 0.6) is 0 Å². The third-order valence-electron chi connectivity index (χ3n) is 6.13. The molecule has 2 heterocycles. The first-order chi connectivity index (χ1) is 16.1. The summed E-state index contributed by atoms with van der Waals surface area (Å²) < 4.78 is 36.6. The van der Waals surface area contributed by atoms with Crippen molar-refractivity contribution in [3.63, 3.8) is 0 Å². The van der Waals surface area contributed by atoms with Gasteiger partial charge in [0.1, 0.15) is 24.4 Å². The largest absolute Gasteiger partial charge is 0.452 e. The number of rotatable bonds is 4. The second kappa shape index (κ2) is 8.46. The van der Waals surface area contributed by atoms with Crippen LogP contribution in [0.15, 0.2) is 60.7 Å². The maximum atomic E-state index is 13.1. The molecular formula is C26H28O8. The lowest BCUT2D eigenvalue weighted by Gasteiger charge is -2.41. The van der Waals surface area contributed by atoms with Gasteiger partial charge in [-0.3, -0.25) is 0 Å². The van der Waals surface area contributed by atoms with Gasteiger partial charge < -0.3 is 28.4 Å². The zero-order chi connectivity index (χ0) is 24.1. The van der Waals surface area contributed by atoms with Gasteiger partial charge in [-0.25, -0.2) is 9.59 Å². The van der Waals surface area contributed by atoms with Crippen molar-refractivity contribution in [2.75, 3.05) is 0 Å². The van der Waals surface area contributed by atoms with Gasteiger partial charge in [-0.15, -0.1) is 0 Å². The summed E-state index contributed by atoms with van der Waals surface area (Å²) in [6.07, 6.45) is -4.58. The van der Waals surface area contributed by atoms with Gasteiger partial charge in [0.05, 0.1) is 11.1 Å². The Morgan fingerprint density at radius 2 is 0.912 bits per heavy atom. The molecule has 0 amide bonds. The Kier molecular flexibility index (Phi) is 5.72. The van der Waals surface area contributed by atoms with E-state index in [-0.39, 0.29) is 0 Å². The quantitative estimate of drug-likeness (QED) is 0.630. The minimum Gasteiger partial charge on any atom is -0.452 e. The Labute approximate surface area is 198 Å². The van der Waals surface area contributed by atoms with Crippen LogP contribution >= 0.6 is 0 Å². The molecule has 2 aromatic rings. The number of benzene rings is 2. The van der Waals surface area contributed by atoms with Crippen LogP contribution in [0, 0.1) is 0 Å². The molecule has 2 saturated heterocycles. The monoisotopic (exact) mass is 468 g/mol. The first kappa shape index (κ1) is 23.0. The average molecular weight is 469 g/mol. The number of carbonyl (C=O) groups is 2. The van der Waals surface area contributed by atoms with Crippen LogP contribution in [0.3, 0.4) is 0 Å². The zero-order valence-electron chi connectivity index (χ0n) is 19.5. The summed E-state index contributed by atoms with van der Waals surface area (Å²) in [4.78, 5) is 26.1. The lowest BCUT2D eigenvalue weighted by atomic mass is 9.84. The van der Waals surface area contributed by atoms with Gasteiger partial charge in [0.2, 0.25) is 0 Å². The minimum atomic E-state index is -0.981. The number of carbonyl (C=O) groups excluding carboxylic acids is 2. The van der Waals surface area contributed by atoms with Crippen LogP contribution in [0.25, 0.3) is 0 Å². The molecule has 0 bridgehead atoms. The van der Waals surface area contributed by atoms with E-state index < -0.39 is 60.1 Å². The molecular weight excluding hydrogens is 440 g/mol. The molecule has 8 heteroatoms. The molecule has 0 unspecified atom stereocenters. The number of ether oxygens (including phenoxy) is 6. The second-order valence-corrected chi connectivity index (χ2v) is 9.60. The first-order valence-electron chi connectivity index (χ1n) is 11.4. The van der Waals surface area contributed by atoms with Gasteiger partial charge in [0, 0.05) is 0 Å². The molecule has 0 radical (unpaired) electrons. The minimum absolute atomic E-state index is 0.372. The normalized spacial score (nSPS) is 32.9. The standard InChI is InChI=1S/C26H28O8/c1-25(2)31-19-17(29-23(27)15-11-7-5-8-12-15)18(30-24(28)16-13-9-6-10-14-16)20-22(21(19)33-25)34-26(3,4)32-20/h5-14,17-22H,1-4H3/t17-,18-,19-,20+,21-,22-/m1/s1. The third-order valence-corrected chi connectivity index (χ3v) is 6.13. The maximum Gasteiger partial charge on any atom is 0.338 e. The van der Waals surface area contributed by atoms with Gasteiger partial charge in [0.25, 0.3) is 0 Å². The highest BCUT2D eigenvalue weighted by Crippen LogP contribution is 2.46. The van der Waals surface area contributed by atoms with E-state index in [0.29, 0.717) is 11.1 Å². The topological polar surface area (TPSA) is 89.5 Å². The van der Waals surface area contributed by atoms with E-state index in [9.17, 15) is 9.59 Å². The number of esters is 2. The summed E-state index contributed by atoms with van der Waals surface area (Å²) in [6.45, 7) is 7.12. The predicted molar refractivity (Wildman–Crippen MR) is 119 cm³/mol. The highest BCUT2D eigenvalue weighted by molar-refractivity contribution is 5.90. The Balaban J connectivity index is 1.51. The zero-order valence-corrected chi connectivity index (χ0v) is 19.5. The Bertz CT molecular complexity index is 965. The third kappa shape index (κ3) is 4.34. The predicted octanol–water partition coefficient (Wildman–Crippen LogP) is 3.49. The number of fused-ring (bicyclic) bond motifs is 3. The van der Waals surface area contributed by atoms with Crippen molar-refractivity contribution in [1.29, 1.82) is 0 Å². The van der Waals surface area contributed by atoms with Crippen molar-refractivity contribution >= 4 is 11.9 Å². The van der Waals surface area contributed by atoms with Crippen LogP contribution in [0.4, 0.5) is 0 Å². The fraction of sp³-hybridized carbons (Fsp3) is 0.462. The summed E-state index contributed by atoms with van der Waals surface area (Å²) in [7, 11) is 0. The van der Waals surface area contributed by atoms with Crippen LogP contribution < -0.4 is 0 Å². The van der Waals surface area contributed by atoms with E-state index in [1.807, 2.05) is 12.1 Å². The van der Waals surface area contributed by atoms with Gasteiger partial charge in [-0.1, -0.05) is 36.4 Å². The van der Waals surface area contributed by atoms with Crippen LogP contribution in [-0.2, 0) is 28.4 Å². The molecule has 0 spiro atoms. The van der Waals surface area contributed by atoms with Crippen molar-refractivity contribution in [3.8, 4) is 0 Å². The second-order valence-electron chi connectivity index (χ2n) is 9.60. The van der Waals surface area contributed by atoms with Crippen LogP contribution in [-0.4, -0.2) is 60.1 Å². The molecule has 34 heavy (non-hydrogen) atoms. The summed E-state index contributed by atoms with van der Waals surface area (Å²) in [6, 6.07) is 17.2. The van der Waals surface area contributed by atoms with Gasteiger partial charge in [0.15, 0.2) is 23.8 Å². The molecule has 3 aliphatic rings. The molecule has 6 atom stereocenters. The summed E-state index contributed by atoms with van der Waals surface area (Å²) in [5.74, 6) is -3.03. The van der Waals surface area contributed by atoms with E-state index in [4.69, 9.17) is 28.4 Å². The van der Waals surface area contributed by atoms with E-state index in [2.05, 4.69) is 0 Å². The molecule has 2 aliphatic heterocycles. The van der Waals surface area contributed by atoms with Crippen molar-refractivity contribution in [3.05, 3.63) is 71.8 Å².